The Kier molecular flexibility index (Phi) is 15.2. The highest BCUT2D eigenvalue weighted by atomic mass is 33.1. The van der Waals surface area contributed by atoms with Crippen LogP contribution in [0, 0.1) is 17.8 Å². The molecular formula is C50H56N4O12S2. The van der Waals surface area contributed by atoms with Crippen LogP contribution in [0.2, 0.25) is 0 Å². The van der Waals surface area contributed by atoms with E-state index >= 15 is 0 Å². The number of ether oxygens (including phenoxy) is 4. The molecule has 10 atom stereocenters. The van der Waals surface area contributed by atoms with Gasteiger partial charge in [0.15, 0.2) is 23.6 Å². The molecule has 2 saturated heterocycles. The molecule has 0 bridgehead atoms. The molecule has 9 N–H and O–H groups in total. The van der Waals surface area contributed by atoms with E-state index in [1.165, 1.54) is 75.2 Å². The first-order chi connectivity index (χ1) is 32.8. The predicted octanol–water partition coefficient (Wildman–Crippen LogP) is 4.86. The van der Waals surface area contributed by atoms with Crippen molar-refractivity contribution in [2.45, 2.75) is 61.5 Å². The molecule has 0 saturated carbocycles. The summed E-state index contributed by atoms with van der Waals surface area (Å²) in [5, 5.41) is 63.0. The summed E-state index contributed by atoms with van der Waals surface area (Å²) in [6, 6.07) is 18.3. The molecule has 8 rings (SSSR count). The fraction of sp³-hybridized carbons (Fsp3) is 0.400. The molecule has 5 aliphatic rings. The number of nitrogens with zero attached hydrogens (tertiary/aromatic N) is 1. The average molecular weight is 969 g/mol. The lowest BCUT2D eigenvalue weighted by Crippen LogP contribution is -2.80. The molecule has 3 aromatic rings. The molecular weight excluding hydrogens is 913 g/mol. The van der Waals surface area contributed by atoms with Crippen LogP contribution in [-0.2, 0) is 23.9 Å². The molecule has 18 heteroatoms. The van der Waals surface area contributed by atoms with E-state index in [2.05, 4.69) is 71.1 Å². The Morgan fingerprint density at radius 3 is 2.62 bits per heavy atom. The second-order valence-corrected chi connectivity index (χ2v) is 20.0. The number of nitrogens with one attached hydrogen (secondary N) is 2. The molecule has 3 aromatic carbocycles. The number of carbonyl (C=O) groups is 3. The molecule has 2 fully saturated rings. The van der Waals surface area contributed by atoms with Gasteiger partial charge in [-0.3, -0.25) is 14.6 Å². The summed E-state index contributed by atoms with van der Waals surface area (Å²) in [4.78, 5) is 43.4. The SMILES string of the molecule is CNCC[C@H]1C=C/C(=C\C[C@H](C)[C@H]2CNC[C@]3(O)[C@H](Oc4ccc5c(c4)OC(C(N)=O)C(c4ccc(O)cc4)=C5O)O[C@H](C(=O)O)[C@@H](O)[C@]3(C=O)OCSSC[C@H]2C2=CCN=C2)c2ccccc21. The molecule has 4 aliphatic heterocycles. The van der Waals surface area contributed by atoms with Crippen LogP contribution in [0.3, 0.4) is 0 Å². The number of allylic oxidation sites excluding steroid dienone is 5. The average Bonchev–Trinajstić information content (AvgIpc) is 3.87. The number of hydrogen-bond donors (Lipinski definition) is 8. The van der Waals surface area contributed by atoms with Gasteiger partial charge in [-0.05, 0) is 103 Å². The van der Waals surface area contributed by atoms with Crippen molar-refractivity contribution in [1.82, 2.24) is 10.6 Å². The van der Waals surface area contributed by atoms with E-state index in [1.807, 2.05) is 13.3 Å². The highest BCUT2D eigenvalue weighted by Crippen LogP contribution is 2.46. The molecule has 0 spiro atoms. The molecule has 16 nitrogen and oxygen atoms in total. The number of phenols is 1. The van der Waals surface area contributed by atoms with Gasteiger partial charge in [0.25, 0.3) is 5.91 Å². The summed E-state index contributed by atoms with van der Waals surface area (Å²) in [5.41, 5.74) is 5.82. The number of hydrogen-bond acceptors (Lipinski definition) is 16. The Morgan fingerprint density at radius 1 is 1.10 bits per heavy atom. The monoisotopic (exact) mass is 968 g/mol. The zero-order chi connectivity index (χ0) is 48.2. The number of rotatable bonds is 13. The van der Waals surface area contributed by atoms with Gasteiger partial charge in [-0.2, -0.15) is 0 Å². The molecule has 360 valence electrons. The maximum atomic E-state index is 13.5. The number of phenolic OH excluding ortho intramolecular Hbond substituents is 1. The maximum absolute atomic E-state index is 13.5. The van der Waals surface area contributed by atoms with E-state index in [1.54, 1.807) is 0 Å². The molecule has 4 heterocycles. The maximum Gasteiger partial charge on any atom is 0.335 e. The van der Waals surface area contributed by atoms with E-state index in [0.29, 0.717) is 36.7 Å². The minimum absolute atomic E-state index is 0.000959. The number of carbonyl (C=O) groups excluding carboxylic acids is 2. The fourth-order valence-electron chi connectivity index (χ4n) is 9.76. The van der Waals surface area contributed by atoms with E-state index in [0.717, 1.165) is 24.1 Å². The quantitative estimate of drug-likeness (QED) is 0.0842. The topological polar surface area (TPSA) is 252 Å². The van der Waals surface area contributed by atoms with Crippen LogP contribution in [0.1, 0.15) is 47.9 Å². The van der Waals surface area contributed by atoms with Crippen molar-refractivity contribution in [1.29, 1.82) is 0 Å². The van der Waals surface area contributed by atoms with Crippen LogP contribution in [0.15, 0.2) is 102 Å². The minimum atomic E-state index is -2.60. The number of nitrogens with two attached hydrogens (primary N) is 1. The number of β-amino-alcohol motifs (C(OH)–C–C–N with tert-alkyl or cyclic N) is 1. The number of aliphatic imine (C=N–C) groups is 1. The van der Waals surface area contributed by atoms with Gasteiger partial charge < -0.3 is 60.8 Å². The third kappa shape index (κ3) is 9.60. The zero-order valence-electron chi connectivity index (χ0n) is 37.5. The van der Waals surface area contributed by atoms with E-state index in [-0.39, 0.29) is 64.1 Å². The summed E-state index contributed by atoms with van der Waals surface area (Å²) in [6.07, 6.45) is 4.92. The van der Waals surface area contributed by atoms with Crippen LogP contribution in [-0.4, -0.2) is 131 Å². The Balaban J connectivity index is 1.11. The Hall–Kier alpha value is -5.44. The van der Waals surface area contributed by atoms with E-state index in [9.17, 15) is 39.9 Å². The first-order valence-corrected chi connectivity index (χ1v) is 24.9. The van der Waals surface area contributed by atoms with Crippen LogP contribution in [0.4, 0.5) is 0 Å². The number of aliphatic hydroxyl groups is 3. The second-order valence-electron chi connectivity index (χ2n) is 17.6. The van der Waals surface area contributed by atoms with Gasteiger partial charge >= 0.3 is 5.97 Å². The summed E-state index contributed by atoms with van der Waals surface area (Å²) in [5.74, 6) is -2.42. The highest BCUT2D eigenvalue weighted by Gasteiger charge is 2.69. The predicted molar refractivity (Wildman–Crippen MR) is 260 cm³/mol. The summed E-state index contributed by atoms with van der Waals surface area (Å²) >= 11 is 0. The van der Waals surface area contributed by atoms with Gasteiger partial charge in [-0.25, -0.2) is 4.79 Å². The van der Waals surface area contributed by atoms with Gasteiger partial charge in [0.1, 0.15) is 35.1 Å². The van der Waals surface area contributed by atoms with E-state index < -0.39 is 54.2 Å². The largest absolute Gasteiger partial charge is 0.508 e. The first-order valence-electron chi connectivity index (χ1n) is 22.5. The third-order valence-electron chi connectivity index (χ3n) is 13.5. The summed E-state index contributed by atoms with van der Waals surface area (Å²) in [6.45, 7) is 3.47. The van der Waals surface area contributed by atoms with Crippen LogP contribution < -0.4 is 25.8 Å². The standard InChI is InChI=1S/C50H56N4O12S2/c1-28(7-8-29-9-10-30(17-19-52-2)36-6-4-3-5-35(29)36)38-23-54-25-49(62)48(66-44(47(60)61)45(58)50(49,26-55)63-27-68-67-24-39(38)32-18-20-53-22-32)64-34-15-16-37-40(21-34)65-43(46(51)59)41(42(37)57)31-11-13-33(56)14-12-31/h3-6,8-16,18,21-22,26,28,30,38-39,43-45,48,52,54,56-58,62H,7,17,19-20,23-25,27H2,1-2H3,(H2,51,59)(H,60,61)/b29-8+/t28-,30+,38+,39-,43?,44-,45+,48+,49-,50-/m0/s1. The normalized spacial score (nSPS) is 30.4. The molecule has 0 radical (unpaired) electrons. The Morgan fingerprint density at radius 2 is 1.90 bits per heavy atom. The smallest absolute Gasteiger partial charge is 0.335 e. The van der Waals surface area contributed by atoms with Crippen molar-refractivity contribution in [2.75, 3.05) is 44.9 Å². The number of aliphatic hydroxyl groups excluding tert-OH is 2. The third-order valence-corrected chi connectivity index (χ3v) is 15.6. The van der Waals surface area contributed by atoms with Crippen LogP contribution >= 0.6 is 21.6 Å². The number of aliphatic carboxylic acids is 1. The number of aromatic hydroxyl groups is 1. The van der Waals surface area contributed by atoms with Crippen LogP contribution in [0.25, 0.3) is 16.9 Å². The summed E-state index contributed by atoms with van der Waals surface area (Å²) < 4.78 is 24.3. The van der Waals surface area contributed by atoms with Crippen molar-refractivity contribution >= 4 is 62.9 Å². The Labute approximate surface area is 401 Å². The van der Waals surface area contributed by atoms with Crippen molar-refractivity contribution in [3.8, 4) is 17.2 Å². The van der Waals surface area contributed by atoms with Crippen molar-refractivity contribution < 1.29 is 58.9 Å². The number of amides is 1. The van der Waals surface area contributed by atoms with Crippen molar-refractivity contribution in [2.24, 2.45) is 28.5 Å². The highest BCUT2D eigenvalue weighted by molar-refractivity contribution is 8.76. The number of carboxylic acids is 1. The molecule has 0 aromatic heterocycles. The lowest BCUT2D eigenvalue weighted by molar-refractivity contribution is -0.340. The lowest BCUT2D eigenvalue weighted by atomic mass is 9.73. The molecule has 1 aliphatic carbocycles. The van der Waals surface area contributed by atoms with Crippen molar-refractivity contribution in [3.05, 3.63) is 119 Å². The zero-order valence-corrected chi connectivity index (χ0v) is 39.2. The number of fused-ring (bicyclic) bond motifs is 3. The van der Waals surface area contributed by atoms with Gasteiger partial charge in [0.2, 0.25) is 12.4 Å². The second kappa shape index (κ2) is 21.1. The van der Waals surface area contributed by atoms with Gasteiger partial charge in [-0.1, -0.05) is 89.2 Å². The molecule has 1 unspecified atom stereocenters. The van der Waals surface area contributed by atoms with Gasteiger partial charge in [-0.15, -0.1) is 0 Å². The lowest BCUT2D eigenvalue weighted by Gasteiger charge is -2.53. The van der Waals surface area contributed by atoms with Gasteiger partial charge in [0, 0.05) is 30.5 Å². The fourth-order valence-corrected chi connectivity index (χ4v) is 11.8. The Bertz CT molecular complexity index is 2530. The van der Waals surface area contributed by atoms with Crippen molar-refractivity contribution in [3.63, 3.8) is 0 Å². The minimum Gasteiger partial charge on any atom is -0.508 e. The van der Waals surface area contributed by atoms with E-state index in [4.69, 9.17) is 24.7 Å². The molecule has 1 amide bonds. The number of carboxylic acid groups (broad SMARTS) is 1. The first kappa shape index (κ1) is 49.0. The number of benzene rings is 3. The van der Waals surface area contributed by atoms with Gasteiger partial charge in [0.05, 0.1) is 17.7 Å². The summed E-state index contributed by atoms with van der Waals surface area (Å²) in [7, 11) is 4.70. The molecule has 68 heavy (non-hydrogen) atoms. The number of aldehydes is 1. The number of primary amides is 1. The van der Waals surface area contributed by atoms with Crippen LogP contribution in [0.5, 0.6) is 17.2 Å².